The molecule has 3 aliphatic rings. The molecule has 7 nitrogen and oxygen atoms in total. The number of nitrogens with one attached hydrogen (secondary N) is 1. The molecule has 2 aliphatic carbocycles. The largest absolute Gasteiger partial charge is 0.379 e. The van der Waals surface area contributed by atoms with Crippen LogP contribution < -0.4 is 5.32 Å². The van der Waals surface area contributed by atoms with Crippen LogP contribution in [0.3, 0.4) is 0 Å². The summed E-state index contributed by atoms with van der Waals surface area (Å²) in [5, 5.41) is 2.97. The maximum absolute atomic E-state index is 12.6. The average molecular weight is 408 g/mol. The Hall–Kier alpha value is -1.48. The predicted octanol–water partition coefficient (Wildman–Crippen LogP) is 1.20. The van der Waals surface area contributed by atoms with Crippen LogP contribution in [0.2, 0.25) is 0 Å². The molecule has 1 N–H and O–H groups in total. The van der Waals surface area contributed by atoms with Gasteiger partial charge < -0.3 is 10.1 Å². The topological polar surface area (TPSA) is 79.0 Å². The molecule has 1 aliphatic heterocycles. The van der Waals surface area contributed by atoms with E-state index in [9.17, 15) is 13.2 Å². The first kappa shape index (κ1) is 19.8. The van der Waals surface area contributed by atoms with E-state index >= 15 is 0 Å². The number of rotatable bonds is 9. The number of nitrogens with zero attached hydrogens (tertiary/aromatic N) is 2. The Morgan fingerprint density at radius 1 is 1.11 bits per heavy atom. The number of carbonyl (C=O) groups is 1. The van der Waals surface area contributed by atoms with Crippen LogP contribution in [0.25, 0.3) is 0 Å². The van der Waals surface area contributed by atoms with Crippen molar-refractivity contribution in [3.05, 3.63) is 29.8 Å². The Labute approximate surface area is 167 Å². The molecular formula is C20H29N3O4S. The van der Waals surface area contributed by atoms with Gasteiger partial charge in [0, 0.05) is 32.2 Å². The zero-order valence-electron chi connectivity index (χ0n) is 16.2. The summed E-state index contributed by atoms with van der Waals surface area (Å²) in [5.74, 6) is 0.826. The van der Waals surface area contributed by atoms with Crippen molar-refractivity contribution >= 4 is 15.9 Å². The summed E-state index contributed by atoms with van der Waals surface area (Å²) >= 11 is 0. The molecule has 3 fully saturated rings. The minimum atomic E-state index is -3.47. The van der Waals surface area contributed by atoms with Crippen molar-refractivity contribution < 1.29 is 17.9 Å². The highest BCUT2D eigenvalue weighted by Crippen LogP contribution is 2.34. The highest BCUT2D eigenvalue weighted by Gasteiger charge is 2.34. The number of hydrogen-bond acceptors (Lipinski definition) is 5. The first-order chi connectivity index (χ1) is 13.5. The fourth-order valence-electron chi connectivity index (χ4n) is 3.57. The second kappa shape index (κ2) is 8.49. The van der Waals surface area contributed by atoms with Crippen LogP contribution in [0.15, 0.2) is 29.2 Å². The van der Waals surface area contributed by atoms with Crippen molar-refractivity contribution in [2.45, 2.75) is 43.2 Å². The second-order valence-electron chi connectivity index (χ2n) is 8.04. The number of hydrogen-bond donors (Lipinski definition) is 1. The highest BCUT2D eigenvalue weighted by molar-refractivity contribution is 7.89. The van der Waals surface area contributed by atoms with Crippen LogP contribution in [-0.2, 0) is 26.1 Å². The number of ether oxygens (including phenoxy) is 1. The third kappa shape index (κ3) is 5.11. The van der Waals surface area contributed by atoms with Gasteiger partial charge in [0.2, 0.25) is 15.9 Å². The lowest BCUT2D eigenvalue weighted by Crippen LogP contribution is -2.40. The molecule has 1 aromatic carbocycles. The number of benzene rings is 1. The van der Waals surface area contributed by atoms with E-state index in [0.717, 1.165) is 18.0 Å². The normalized spacial score (nSPS) is 21.0. The third-order valence-corrected chi connectivity index (χ3v) is 7.53. The third-order valence-electron chi connectivity index (χ3n) is 5.62. The quantitative estimate of drug-likeness (QED) is 0.665. The molecule has 1 aromatic rings. The minimum absolute atomic E-state index is 0.0394. The minimum Gasteiger partial charge on any atom is -0.379 e. The summed E-state index contributed by atoms with van der Waals surface area (Å²) in [4.78, 5) is 14.9. The first-order valence-electron chi connectivity index (χ1n) is 10.2. The monoisotopic (exact) mass is 407 g/mol. The Morgan fingerprint density at radius 2 is 1.79 bits per heavy atom. The standard InChI is InChI=1S/C20H29N3O4S/c24-20(15-22(18-5-6-18)14-17-1-2-17)21-13-16-3-7-19(8-4-16)28(25,26)23-9-11-27-12-10-23/h3-4,7-8,17-18H,1-2,5-6,9-15H2,(H,21,24). The van der Waals surface area contributed by atoms with Gasteiger partial charge in [-0.25, -0.2) is 8.42 Å². The summed E-state index contributed by atoms with van der Waals surface area (Å²) in [7, 11) is -3.47. The molecule has 0 spiro atoms. The van der Waals surface area contributed by atoms with E-state index in [1.807, 2.05) is 0 Å². The summed E-state index contributed by atoms with van der Waals surface area (Å²) < 4.78 is 32.0. The Balaban J connectivity index is 1.28. The summed E-state index contributed by atoms with van der Waals surface area (Å²) in [6.07, 6.45) is 5.01. The van der Waals surface area contributed by atoms with E-state index in [-0.39, 0.29) is 10.8 Å². The van der Waals surface area contributed by atoms with E-state index in [1.165, 1.54) is 30.0 Å². The van der Waals surface area contributed by atoms with Crippen molar-refractivity contribution in [1.82, 2.24) is 14.5 Å². The summed E-state index contributed by atoms with van der Waals surface area (Å²) in [6, 6.07) is 7.38. The van der Waals surface area contributed by atoms with Crippen LogP contribution in [0, 0.1) is 5.92 Å². The van der Waals surface area contributed by atoms with Gasteiger partial charge in [0.1, 0.15) is 0 Å². The van der Waals surface area contributed by atoms with E-state index < -0.39 is 10.0 Å². The van der Waals surface area contributed by atoms with Gasteiger partial charge >= 0.3 is 0 Å². The molecule has 4 rings (SSSR count). The van der Waals surface area contributed by atoms with Crippen LogP contribution >= 0.6 is 0 Å². The lowest BCUT2D eigenvalue weighted by molar-refractivity contribution is -0.122. The van der Waals surface area contributed by atoms with Crippen molar-refractivity contribution in [2.24, 2.45) is 5.92 Å². The zero-order valence-corrected chi connectivity index (χ0v) is 17.0. The number of sulfonamides is 1. The van der Waals surface area contributed by atoms with Gasteiger partial charge in [-0.1, -0.05) is 12.1 Å². The van der Waals surface area contributed by atoms with Gasteiger partial charge in [-0.05, 0) is 49.3 Å². The molecular weight excluding hydrogens is 378 g/mol. The molecule has 0 aromatic heterocycles. The lowest BCUT2D eigenvalue weighted by atomic mass is 10.2. The summed E-state index contributed by atoms with van der Waals surface area (Å²) in [5.41, 5.74) is 0.898. The molecule has 0 unspecified atom stereocenters. The van der Waals surface area contributed by atoms with Crippen molar-refractivity contribution in [3.63, 3.8) is 0 Å². The average Bonchev–Trinajstić information content (AvgIpc) is 3.61. The molecule has 1 heterocycles. The second-order valence-corrected chi connectivity index (χ2v) is 9.98. The fourth-order valence-corrected chi connectivity index (χ4v) is 4.98. The van der Waals surface area contributed by atoms with Crippen molar-refractivity contribution in [3.8, 4) is 0 Å². The SMILES string of the molecule is O=C(CN(CC1CC1)C1CC1)NCc1ccc(S(=O)(=O)N2CCOCC2)cc1. The van der Waals surface area contributed by atoms with Gasteiger partial charge in [-0.3, -0.25) is 9.69 Å². The maximum atomic E-state index is 12.6. The van der Waals surface area contributed by atoms with Gasteiger partial charge in [0.15, 0.2) is 0 Å². The molecule has 1 amide bonds. The molecule has 0 bridgehead atoms. The number of amides is 1. The Bertz CT molecular complexity index is 782. The molecule has 0 atom stereocenters. The molecule has 1 saturated heterocycles. The fraction of sp³-hybridized carbons (Fsp3) is 0.650. The van der Waals surface area contributed by atoms with Crippen LogP contribution in [0.1, 0.15) is 31.2 Å². The maximum Gasteiger partial charge on any atom is 0.243 e. The van der Waals surface area contributed by atoms with E-state index in [4.69, 9.17) is 4.74 Å². The van der Waals surface area contributed by atoms with E-state index in [0.29, 0.717) is 45.4 Å². The van der Waals surface area contributed by atoms with Gasteiger partial charge in [0.25, 0.3) is 0 Å². The van der Waals surface area contributed by atoms with Gasteiger partial charge in [-0.15, -0.1) is 0 Å². The van der Waals surface area contributed by atoms with Gasteiger partial charge in [0.05, 0.1) is 24.7 Å². The molecule has 2 saturated carbocycles. The van der Waals surface area contributed by atoms with Crippen LogP contribution in [0.4, 0.5) is 0 Å². The van der Waals surface area contributed by atoms with Gasteiger partial charge in [-0.2, -0.15) is 4.31 Å². The highest BCUT2D eigenvalue weighted by atomic mass is 32.2. The zero-order chi connectivity index (χ0) is 19.6. The molecule has 0 radical (unpaired) electrons. The van der Waals surface area contributed by atoms with E-state index in [1.54, 1.807) is 24.3 Å². The predicted molar refractivity (Wildman–Crippen MR) is 105 cm³/mol. The lowest BCUT2D eigenvalue weighted by Gasteiger charge is -2.26. The Morgan fingerprint density at radius 3 is 2.39 bits per heavy atom. The molecule has 8 heteroatoms. The smallest absolute Gasteiger partial charge is 0.243 e. The number of morpholine rings is 1. The van der Waals surface area contributed by atoms with E-state index in [2.05, 4.69) is 10.2 Å². The summed E-state index contributed by atoms with van der Waals surface area (Å²) in [6.45, 7) is 3.57. The van der Waals surface area contributed by atoms with Crippen LogP contribution in [-0.4, -0.2) is 69.0 Å². The molecule has 28 heavy (non-hydrogen) atoms. The van der Waals surface area contributed by atoms with Crippen LogP contribution in [0.5, 0.6) is 0 Å². The van der Waals surface area contributed by atoms with Crippen molar-refractivity contribution in [2.75, 3.05) is 39.4 Å². The Kier molecular flexibility index (Phi) is 6.01. The first-order valence-corrected chi connectivity index (χ1v) is 11.6. The van der Waals surface area contributed by atoms with Crippen molar-refractivity contribution in [1.29, 1.82) is 0 Å². The number of carbonyl (C=O) groups excluding carboxylic acids is 1. The molecule has 154 valence electrons.